The number of aromatic nitrogens is 1. The van der Waals surface area contributed by atoms with E-state index in [1.54, 1.807) is 0 Å². The molecular weight excluding hydrogens is 312 g/mol. The van der Waals surface area contributed by atoms with E-state index in [0.29, 0.717) is 23.5 Å². The first-order valence-electron chi connectivity index (χ1n) is 6.81. The molecule has 4 nitrogen and oxygen atoms in total. The summed E-state index contributed by atoms with van der Waals surface area (Å²) in [5.41, 5.74) is 0.586. The standard InChI is InChI=1S/C15H15F2NO3S/c1-2-3-12-14(15(19)20)22-13(18-12)6-7-21-9-4-5-10(16)11(17)8-9/h4-5,8H,2-3,6-7H2,1H3,(H,19,20). The van der Waals surface area contributed by atoms with E-state index in [2.05, 4.69) is 4.98 Å². The normalized spacial score (nSPS) is 10.7. The highest BCUT2D eigenvalue weighted by atomic mass is 32.1. The molecular formula is C15H15F2NO3S. The van der Waals surface area contributed by atoms with E-state index >= 15 is 0 Å². The van der Waals surface area contributed by atoms with Crippen LogP contribution in [0.15, 0.2) is 18.2 Å². The minimum absolute atomic E-state index is 0.212. The molecule has 1 N–H and O–H groups in total. The van der Waals surface area contributed by atoms with Gasteiger partial charge in [0.2, 0.25) is 0 Å². The predicted molar refractivity (Wildman–Crippen MR) is 78.6 cm³/mol. The van der Waals surface area contributed by atoms with Gasteiger partial charge in [0, 0.05) is 12.5 Å². The number of rotatable bonds is 7. The van der Waals surface area contributed by atoms with Gasteiger partial charge in [-0.15, -0.1) is 11.3 Å². The Morgan fingerprint density at radius 1 is 1.32 bits per heavy atom. The van der Waals surface area contributed by atoms with Crippen LogP contribution in [-0.2, 0) is 12.8 Å². The Labute approximate surface area is 130 Å². The van der Waals surface area contributed by atoms with E-state index in [0.717, 1.165) is 29.9 Å². The van der Waals surface area contributed by atoms with Gasteiger partial charge in [-0.1, -0.05) is 13.3 Å². The summed E-state index contributed by atoms with van der Waals surface area (Å²) < 4.78 is 31.1. The summed E-state index contributed by atoms with van der Waals surface area (Å²) in [6.45, 7) is 2.17. The SMILES string of the molecule is CCCc1nc(CCOc2ccc(F)c(F)c2)sc1C(=O)O. The van der Waals surface area contributed by atoms with Crippen molar-refractivity contribution < 1.29 is 23.4 Å². The fourth-order valence-electron chi connectivity index (χ4n) is 1.90. The van der Waals surface area contributed by atoms with Crippen LogP contribution in [0.25, 0.3) is 0 Å². The van der Waals surface area contributed by atoms with E-state index in [-0.39, 0.29) is 17.2 Å². The van der Waals surface area contributed by atoms with Crippen LogP contribution >= 0.6 is 11.3 Å². The minimum atomic E-state index is -0.978. The molecule has 0 bridgehead atoms. The van der Waals surface area contributed by atoms with Crippen LogP contribution in [0.1, 0.15) is 33.7 Å². The third-order valence-electron chi connectivity index (χ3n) is 2.90. The van der Waals surface area contributed by atoms with E-state index in [9.17, 15) is 13.6 Å². The van der Waals surface area contributed by atoms with E-state index < -0.39 is 17.6 Å². The molecule has 0 unspecified atom stereocenters. The molecule has 0 aliphatic heterocycles. The molecule has 2 rings (SSSR count). The summed E-state index contributed by atoms with van der Waals surface area (Å²) in [6.07, 6.45) is 1.84. The van der Waals surface area contributed by atoms with Gasteiger partial charge in [0.05, 0.1) is 17.3 Å². The van der Waals surface area contributed by atoms with Crippen LogP contribution in [0, 0.1) is 11.6 Å². The molecule has 0 fully saturated rings. The number of carboxylic acid groups (broad SMARTS) is 1. The second kappa shape index (κ2) is 7.31. The first-order chi connectivity index (χ1) is 10.5. The van der Waals surface area contributed by atoms with Gasteiger partial charge < -0.3 is 9.84 Å². The average Bonchev–Trinajstić information content (AvgIpc) is 2.86. The molecule has 1 aromatic carbocycles. The third-order valence-corrected chi connectivity index (χ3v) is 4.04. The zero-order valence-electron chi connectivity index (χ0n) is 11.9. The smallest absolute Gasteiger partial charge is 0.347 e. The molecule has 22 heavy (non-hydrogen) atoms. The number of thiazole rings is 1. The highest BCUT2D eigenvalue weighted by Gasteiger charge is 2.16. The second-order valence-electron chi connectivity index (χ2n) is 4.61. The van der Waals surface area contributed by atoms with Crippen LogP contribution in [0.2, 0.25) is 0 Å². The van der Waals surface area contributed by atoms with Gasteiger partial charge in [0.15, 0.2) is 11.6 Å². The Bertz CT molecular complexity index is 673. The van der Waals surface area contributed by atoms with Gasteiger partial charge in [0.1, 0.15) is 10.6 Å². The maximum Gasteiger partial charge on any atom is 0.347 e. The fraction of sp³-hybridized carbons (Fsp3) is 0.333. The van der Waals surface area contributed by atoms with Crippen molar-refractivity contribution >= 4 is 17.3 Å². The van der Waals surface area contributed by atoms with Crippen molar-refractivity contribution in [2.75, 3.05) is 6.61 Å². The topological polar surface area (TPSA) is 59.4 Å². The van der Waals surface area contributed by atoms with E-state index in [4.69, 9.17) is 9.84 Å². The summed E-state index contributed by atoms with van der Waals surface area (Å²) in [7, 11) is 0. The Morgan fingerprint density at radius 3 is 2.73 bits per heavy atom. The van der Waals surface area contributed by atoms with Crippen LogP contribution in [0.3, 0.4) is 0 Å². The lowest BCUT2D eigenvalue weighted by molar-refractivity contribution is 0.0700. The number of nitrogens with zero attached hydrogens (tertiary/aromatic N) is 1. The van der Waals surface area contributed by atoms with Crippen molar-refractivity contribution in [2.24, 2.45) is 0 Å². The van der Waals surface area contributed by atoms with Gasteiger partial charge >= 0.3 is 5.97 Å². The maximum atomic E-state index is 13.0. The molecule has 0 amide bonds. The number of hydrogen-bond donors (Lipinski definition) is 1. The second-order valence-corrected chi connectivity index (χ2v) is 5.70. The zero-order valence-corrected chi connectivity index (χ0v) is 12.8. The summed E-state index contributed by atoms with van der Waals surface area (Å²) in [5.74, 6) is -2.65. The lowest BCUT2D eigenvalue weighted by atomic mass is 10.2. The average molecular weight is 327 g/mol. The molecule has 0 aliphatic rings. The summed E-state index contributed by atoms with van der Waals surface area (Å²) in [5, 5.41) is 9.78. The van der Waals surface area contributed by atoms with E-state index in [1.807, 2.05) is 6.92 Å². The number of carbonyl (C=O) groups is 1. The fourth-order valence-corrected chi connectivity index (χ4v) is 2.83. The Kier molecular flexibility index (Phi) is 5.43. The van der Waals surface area contributed by atoms with Gasteiger partial charge in [-0.3, -0.25) is 0 Å². The van der Waals surface area contributed by atoms with Crippen molar-refractivity contribution in [3.8, 4) is 5.75 Å². The number of carboxylic acids is 1. The van der Waals surface area contributed by atoms with Crippen molar-refractivity contribution in [1.29, 1.82) is 0 Å². The molecule has 118 valence electrons. The molecule has 0 saturated carbocycles. The van der Waals surface area contributed by atoms with Crippen molar-refractivity contribution in [3.05, 3.63) is 45.4 Å². The molecule has 7 heteroatoms. The summed E-state index contributed by atoms with van der Waals surface area (Å²) in [6, 6.07) is 3.31. The van der Waals surface area contributed by atoms with Crippen LogP contribution in [0.4, 0.5) is 8.78 Å². The molecule has 0 radical (unpaired) electrons. The Morgan fingerprint density at radius 2 is 2.09 bits per heavy atom. The van der Waals surface area contributed by atoms with Crippen molar-refractivity contribution in [1.82, 2.24) is 4.98 Å². The lowest BCUT2D eigenvalue weighted by Crippen LogP contribution is -2.02. The lowest BCUT2D eigenvalue weighted by Gasteiger charge is -2.04. The van der Waals surface area contributed by atoms with Crippen molar-refractivity contribution in [3.63, 3.8) is 0 Å². The monoisotopic (exact) mass is 327 g/mol. The molecule has 0 atom stereocenters. The first kappa shape index (κ1) is 16.4. The van der Waals surface area contributed by atoms with Gasteiger partial charge in [-0.2, -0.15) is 0 Å². The molecule has 0 spiro atoms. The number of hydrogen-bond acceptors (Lipinski definition) is 4. The number of aromatic carboxylic acids is 1. The molecule has 0 saturated heterocycles. The van der Waals surface area contributed by atoms with Crippen LogP contribution in [-0.4, -0.2) is 22.7 Å². The molecule has 1 heterocycles. The Hall–Kier alpha value is -2.02. The highest BCUT2D eigenvalue weighted by Crippen LogP contribution is 2.21. The molecule has 1 aromatic heterocycles. The van der Waals surface area contributed by atoms with Gasteiger partial charge in [-0.25, -0.2) is 18.6 Å². The highest BCUT2D eigenvalue weighted by molar-refractivity contribution is 7.13. The summed E-state index contributed by atoms with van der Waals surface area (Å²) in [4.78, 5) is 15.7. The summed E-state index contributed by atoms with van der Waals surface area (Å²) >= 11 is 1.12. The molecule has 0 aliphatic carbocycles. The zero-order chi connectivity index (χ0) is 16.1. The van der Waals surface area contributed by atoms with Crippen LogP contribution in [0.5, 0.6) is 5.75 Å². The third kappa shape index (κ3) is 4.00. The van der Waals surface area contributed by atoms with Crippen LogP contribution < -0.4 is 4.74 Å². The molecule has 2 aromatic rings. The van der Waals surface area contributed by atoms with Crippen molar-refractivity contribution in [2.45, 2.75) is 26.2 Å². The largest absolute Gasteiger partial charge is 0.493 e. The van der Waals surface area contributed by atoms with Gasteiger partial charge in [-0.05, 0) is 18.6 Å². The Balaban J connectivity index is 1.97. The maximum absolute atomic E-state index is 13.0. The minimum Gasteiger partial charge on any atom is -0.493 e. The number of aryl methyl sites for hydroxylation is 1. The number of benzene rings is 1. The first-order valence-corrected chi connectivity index (χ1v) is 7.62. The van der Waals surface area contributed by atoms with Gasteiger partial charge in [0.25, 0.3) is 0 Å². The predicted octanol–water partition coefficient (Wildman–Crippen LogP) is 3.69. The number of halogens is 2. The number of ether oxygens (including phenoxy) is 1. The van der Waals surface area contributed by atoms with E-state index in [1.165, 1.54) is 6.07 Å². The quantitative estimate of drug-likeness (QED) is 0.842.